The molecule has 1 aromatic rings. The van der Waals surface area contributed by atoms with Gasteiger partial charge in [-0.3, -0.25) is 14.7 Å². The fraction of sp³-hybridized carbons (Fsp3) is 0.600. The van der Waals surface area contributed by atoms with E-state index in [2.05, 4.69) is 25.4 Å². The first-order chi connectivity index (χ1) is 13.0. The summed E-state index contributed by atoms with van der Waals surface area (Å²) in [7, 11) is 1.79. The maximum Gasteiger partial charge on any atom is 0.234 e. The number of hydrogen-bond acceptors (Lipinski definition) is 3. The third-order valence-corrected chi connectivity index (χ3v) is 4.51. The third-order valence-electron chi connectivity index (χ3n) is 4.51. The molecule has 1 saturated heterocycles. The number of halogens is 1. The van der Waals surface area contributed by atoms with Crippen LogP contribution in [0.1, 0.15) is 25.8 Å². The molecule has 0 radical (unpaired) electrons. The van der Waals surface area contributed by atoms with E-state index in [9.17, 15) is 9.18 Å². The number of rotatable bonds is 7. The summed E-state index contributed by atoms with van der Waals surface area (Å²) in [5.41, 5.74) is 1.01. The standard InChI is InChI=1S/C20H32FN5O/c1-16(2)24-19(27)15-25-10-12-26(13-11-25)20(22-3)23-9-5-7-17-6-4-8-18(21)14-17/h4,6,8,14,16H,5,7,9-13,15H2,1-3H3,(H,22,23)(H,24,27). The lowest BCUT2D eigenvalue weighted by Crippen LogP contribution is -2.54. The molecule has 0 atom stereocenters. The Labute approximate surface area is 161 Å². The highest BCUT2D eigenvalue weighted by Gasteiger charge is 2.21. The Morgan fingerprint density at radius 3 is 2.63 bits per heavy atom. The molecule has 0 aliphatic carbocycles. The molecular formula is C20H32FN5O. The Bertz CT molecular complexity index is 627. The van der Waals surface area contributed by atoms with Crippen molar-refractivity contribution in [2.45, 2.75) is 32.7 Å². The van der Waals surface area contributed by atoms with Gasteiger partial charge in [0.1, 0.15) is 5.82 Å². The Balaban J connectivity index is 1.68. The second-order valence-electron chi connectivity index (χ2n) is 7.19. The summed E-state index contributed by atoms with van der Waals surface area (Å²) in [4.78, 5) is 20.6. The number of carbonyl (C=O) groups is 1. The number of nitrogens with zero attached hydrogens (tertiary/aromatic N) is 3. The number of aryl methyl sites for hydroxylation is 1. The summed E-state index contributed by atoms with van der Waals surface area (Å²) in [6, 6.07) is 6.93. The van der Waals surface area contributed by atoms with E-state index in [1.165, 1.54) is 6.07 Å². The van der Waals surface area contributed by atoms with E-state index in [1.54, 1.807) is 19.2 Å². The van der Waals surface area contributed by atoms with Gasteiger partial charge in [0, 0.05) is 45.8 Å². The second-order valence-corrected chi connectivity index (χ2v) is 7.19. The highest BCUT2D eigenvalue weighted by Crippen LogP contribution is 2.06. The van der Waals surface area contributed by atoms with Crippen molar-refractivity contribution in [1.82, 2.24) is 20.4 Å². The average Bonchev–Trinajstić information content (AvgIpc) is 2.62. The minimum atomic E-state index is -0.184. The van der Waals surface area contributed by atoms with Crippen LogP contribution in [0.5, 0.6) is 0 Å². The number of nitrogens with one attached hydrogen (secondary N) is 2. The Morgan fingerprint density at radius 2 is 2.00 bits per heavy atom. The Kier molecular flexibility index (Phi) is 8.51. The van der Waals surface area contributed by atoms with E-state index in [4.69, 9.17) is 0 Å². The van der Waals surface area contributed by atoms with Crippen molar-refractivity contribution in [3.8, 4) is 0 Å². The molecule has 0 aromatic heterocycles. The van der Waals surface area contributed by atoms with Crippen molar-refractivity contribution >= 4 is 11.9 Å². The second kappa shape index (κ2) is 10.9. The summed E-state index contributed by atoms with van der Waals surface area (Å²) in [6.07, 6.45) is 1.75. The molecule has 27 heavy (non-hydrogen) atoms. The zero-order valence-electron chi connectivity index (χ0n) is 16.7. The SMILES string of the molecule is CN=C(NCCCc1cccc(F)c1)N1CCN(CC(=O)NC(C)C)CC1. The normalized spacial score (nSPS) is 15.9. The number of benzene rings is 1. The Morgan fingerprint density at radius 1 is 1.26 bits per heavy atom. The molecule has 0 spiro atoms. The van der Waals surface area contributed by atoms with Crippen molar-refractivity contribution < 1.29 is 9.18 Å². The van der Waals surface area contributed by atoms with Crippen molar-refractivity contribution in [2.24, 2.45) is 4.99 Å². The van der Waals surface area contributed by atoms with Gasteiger partial charge in [0.05, 0.1) is 6.54 Å². The maximum atomic E-state index is 13.2. The topological polar surface area (TPSA) is 60.0 Å². The van der Waals surface area contributed by atoms with Gasteiger partial charge in [-0.2, -0.15) is 0 Å². The van der Waals surface area contributed by atoms with Gasteiger partial charge in [-0.25, -0.2) is 4.39 Å². The van der Waals surface area contributed by atoms with E-state index < -0.39 is 0 Å². The molecule has 150 valence electrons. The van der Waals surface area contributed by atoms with E-state index in [-0.39, 0.29) is 17.8 Å². The summed E-state index contributed by atoms with van der Waals surface area (Å²) in [5, 5.41) is 6.32. The number of hydrogen-bond donors (Lipinski definition) is 2. The lowest BCUT2D eigenvalue weighted by Gasteiger charge is -2.36. The van der Waals surface area contributed by atoms with Crippen molar-refractivity contribution in [1.29, 1.82) is 0 Å². The highest BCUT2D eigenvalue weighted by molar-refractivity contribution is 5.80. The van der Waals surface area contributed by atoms with Crippen LogP contribution >= 0.6 is 0 Å². The number of guanidine groups is 1. The minimum Gasteiger partial charge on any atom is -0.356 e. The largest absolute Gasteiger partial charge is 0.356 e. The molecule has 0 unspecified atom stereocenters. The van der Waals surface area contributed by atoms with Gasteiger partial charge in [0.2, 0.25) is 5.91 Å². The van der Waals surface area contributed by atoms with E-state index in [0.29, 0.717) is 6.54 Å². The summed E-state index contributed by atoms with van der Waals surface area (Å²) < 4.78 is 13.2. The molecular weight excluding hydrogens is 345 g/mol. The maximum absolute atomic E-state index is 13.2. The predicted molar refractivity (Wildman–Crippen MR) is 107 cm³/mol. The molecule has 1 aliphatic rings. The summed E-state index contributed by atoms with van der Waals surface area (Å²) in [6.45, 7) is 8.56. The molecule has 1 amide bonds. The molecule has 1 aliphatic heterocycles. The molecule has 2 rings (SSSR count). The van der Waals surface area contributed by atoms with Crippen LogP contribution in [0.15, 0.2) is 29.3 Å². The molecule has 0 bridgehead atoms. The molecule has 1 heterocycles. The van der Waals surface area contributed by atoms with Gasteiger partial charge in [0.25, 0.3) is 0 Å². The van der Waals surface area contributed by atoms with Crippen molar-refractivity contribution in [3.05, 3.63) is 35.6 Å². The fourth-order valence-corrected chi connectivity index (χ4v) is 3.21. The predicted octanol–water partition coefficient (Wildman–Crippen LogP) is 1.48. The van der Waals surface area contributed by atoms with Crippen LogP contribution in [-0.4, -0.2) is 74.0 Å². The fourth-order valence-electron chi connectivity index (χ4n) is 3.21. The lowest BCUT2D eigenvalue weighted by atomic mass is 10.1. The smallest absolute Gasteiger partial charge is 0.234 e. The molecule has 7 heteroatoms. The first kappa shape index (κ1) is 21.2. The van der Waals surface area contributed by atoms with Crippen LogP contribution in [-0.2, 0) is 11.2 Å². The van der Waals surface area contributed by atoms with Crippen LogP contribution in [0, 0.1) is 5.82 Å². The Hall–Kier alpha value is -2.15. The van der Waals surface area contributed by atoms with E-state index in [1.807, 2.05) is 19.9 Å². The lowest BCUT2D eigenvalue weighted by molar-refractivity contribution is -0.123. The van der Waals surface area contributed by atoms with E-state index in [0.717, 1.165) is 57.1 Å². The van der Waals surface area contributed by atoms with Gasteiger partial charge in [-0.1, -0.05) is 12.1 Å². The summed E-state index contributed by atoms with van der Waals surface area (Å²) in [5.74, 6) is 0.787. The number of amides is 1. The van der Waals surface area contributed by atoms with Crippen LogP contribution in [0.25, 0.3) is 0 Å². The average molecular weight is 378 g/mol. The quantitative estimate of drug-likeness (QED) is 0.429. The number of piperazine rings is 1. The van der Waals surface area contributed by atoms with E-state index >= 15 is 0 Å². The molecule has 6 nitrogen and oxygen atoms in total. The monoisotopic (exact) mass is 377 g/mol. The highest BCUT2D eigenvalue weighted by atomic mass is 19.1. The first-order valence-electron chi connectivity index (χ1n) is 9.69. The van der Waals surface area contributed by atoms with Crippen LogP contribution in [0.2, 0.25) is 0 Å². The minimum absolute atomic E-state index is 0.0818. The molecule has 1 fully saturated rings. The van der Waals surface area contributed by atoms with Gasteiger partial charge in [-0.05, 0) is 44.4 Å². The molecule has 1 aromatic carbocycles. The van der Waals surface area contributed by atoms with Gasteiger partial charge in [0.15, 0.2) is 5.96 Å². The number of aliphatic imine (C=N–C) groups is 1. The number of carbonyl (C=O) groups excluding carboxylic acids is 1. The van der Waals surface area contributed by atoms with Gasteiger partial charge >= 0.3 is 0 Å². The zero-order valence-corrected chi connectivity index (χ0v) is 16.7. The van der Waals surface area contributed by atoms with Crippen LogP contribution < -0.4 is 10.6 Å². The molecule has 0 saturated carbocycles. The zero-order chi connectivity index (χ0) is 19.6. The van der Waals surface area contributed by atoms with Crippen LogP contribution in [0.3, 0.4) is 0 Å². The molecule has 2 N–H and O–H groups in total. The van der Waals surface area contributed by atoms with Gasteiger partial charge in [-0.15, -0.1) is 0 Å². The third kappa shape index (κ3) is 7.54. The first-order valence-corrected chi connectivity index (χ1v) is 9.69. The van der Waals surface area contributed by atoms with Crippen molar-refractivity contribution in [3.63, 3.8) is 0 Å². The summed E-state index contributed by atoms with van der Waals surface area (Å²) >= 11 is 0. The van der Waals surface area contributed by atoms with Crippen LogP contribution in [0.4, 0.5) is 4.39 Å². The van der Waals surface area contributed by atoms with Gasteiger partial charge < -0.3 is 15.5 Å². The van der Waals surface area contributed by atoms with Crippen molar-refractivity contribution in [2.75, 3.05) is 46.3 Å².